The molecule has 0 saturated carbocycles. The van der Waals surface area contributed by atoms with Gasteiger partial charge in [-0.15, -0.1) is 0 Å². The lowest BCUT2D eigenvalue weighted by atomic mass is 10.0. The Morgan fingerprint density at radius 2 is 1.59 bits per heavy atom. The van der Waals surface area contributed by atoms with E-state index < -0.39 is 0 Å². The molecule has 2 saturated heterocycles. The molecule has 2 aliphatic rings. The quantitative estimate of drug-likeness (QED) is 0.734. The summed E-state index contributed by atoms with van der Waals surface area (Å²) in [4.78, 5) is 38.9. The van der Waals surface area contributed by atoms with Crippen LogP contribution in [0, 0.1) is 19.8 Å². The predicted octanol–water partition coefficient (Wildman–Crippen LogP) is 3.40. The van der Waals surface area contributed by atoms with Gasteiger partial charge >= 0.3 is 0 Å². The molecule has 6 heteroatoms. The molecule has 0 unspecified atom stereocenters. The molecule has 1 atom stereocenters. The minimum absolute atomic E-state index is 0.126. The lowest BCUT2D eigenvalue weighted by Crippen LogP contribution is -2.37. The van der Waals surface area contributed by atoms with Gasteiger partial charge in [0.15, 0.2) is 0 Å². The van der Waals surface area contributed by atoms with Crippen LogP contribution in [0.25, 0.3) is 0 Å². The Bertz CT molecular complexity index is 715. The van der Waals surface area contributed by atoms with Gasteiger partial charge in [-0.3, -0.25) is 9.59 Å². The van der Waals surface area contributed by atoms with Gasteiger partial charge in [0.1, 0.15) is 5.82 Å². The Morgan fingerprint density at radius 1 is 0.966 bits per heavy atom. The minimum Gasteiger partial charge on any atom is -0.342 e. The normalized spacial score (nSPS) is 19.8. The van der Waals surface area contributed by atoms with E-state index in [0.29, 0.717) is 13.0 Å². The maximum absolute atomic E-state index is 12.7. The van der Waals surface area contributed by atoms with Crippen LogP contribution in [0.15, 0.2) is 0 Å². The molecular weight excluding hydrogens is 364 g/mol. The fourth-order valence-electron chi connectivity index (χ4n) is 4.68. The smallest absolute Gasteiger partial charge is 0.227 e. The van der Waals surface area contributed by atoms with Crippen LogP contribution >= 0.6 is 0 Å². The van der Waals surface area contributed by atoms with Gasteiger partial charge < -0.3 is 9.80 Å². The molecular formula is C23H36N4O2. The Labute approximate surface area is 175 Å². The standard InChI is InChI=1S/C23H36N4O2/c1-5-18(6-2)23(29)27-13-10-19(15-27)22-24-16(3)20(17(4)25-22)14-21(28)26-11-8-7-9-12-26/h18-19H,5-15H2,1-4H3/t19-/m1/s1. The number of nitrogens with zero attached hydrogens (tertiary/aromatic N) is 4. The van der Waals surface area contributed by atoms with Gasteiger partial charge in [0, 0.05) is 55.0 Å². The van der Waals surface area contributed by atoms with E-state index in [1.807, 2.05) is 23.6 Å². The van der Waals surface area contributed by atoms with Crippen molar-refractivity contribution in [2.24, 2.45) is 5.92 Å². The highest BCUT2D eigenvalue weighted by molar-refractivity contribution is 5.79. The second-order valence-corrected chi connectivity index (χ2v) is 8.63. The van der Waals surface area contributed by atoms with E-state index in [4.69, 9.17) is 9.97 Å². The molecule has 2 fully saturated rings. The first-order valence-corrected chi connectivity index (χ1v) is 11.3. The Kier molecular flexibility index (Phi) is 7.25. The molecule has 3 heterocycles. The molecule has 0 radical (unpaired) electrons. The Balaban J connectivity index is 1.68. The van der Waals surface area contributed by atoms with E-state index in [1.165, 1.54) is 6.42 Å². The van der Waals surface area contributed by atoms with Gasteiger partial charge in [-0.05, 0) is 52.4 Å². The fraction of sp³-hybridized carbons (Fsp3) is 0.739. The summed E-state index contributed by atoms with van der Waals surface area (Å²) in [5.74, 6) is 1.61. The molecule has 3 rings (SSSR count). The number of aryl methyl sites for hydroxylation is 2. The number of carbonyl (C=O) groups excluding carboxylic acids is 2. The highest BCUT2D eigenvalue weighted by atomic mass is 16.2. The summed E-state index contributed by atoms with van der Waals surface area (Å²) in [5.41, 5.74) is 2.78. The van der Waals surface area contributed by atoms with Crippen LogP contribution in [0.2, 0.25) is 0 Å². The summed E-state index contributed by atoms with van der Waals surface area (Å²) >= 11 is 0. The zero-order chi connectivity index (χ0) is 21.0. The van der Waals surface area contributed by atoms with Crippen LogP contribution in [0.5, 0.6) is 0 Å². The number of likely N-dealkylation sites (tertiary alicyclic amines) is 2. The number of aromatic nitrogens is 2. The molecule has 1 aromatic heterocycles. The van der Waals surface area contributed by atoms with Crippen molar-refractivity contribution in [3.05, 3.63) is 22.8 Å². The third kappa shape index (κ3) is 4.96. The van der Waals surface area contributed by atoms with E-state index in [0.717, 1.165) is 74.5 Å². The van der Waals surface area contributed by atoms with E-state index in [-0.39, 0.29) is 23.7 Å². The first-order valence-electron chi connectivity index (χ1n) is 11.3. The van der Waals surface area contributed by atoms with Crippen LogP contribution in [0.4, 0.5) is 0 Å². The zero-order valence-corrected chi connectivity index (χ0v) is 18.5. The maximum atomic E-state index is 12.7. The van der Waals surface area contributed by atoms with Gasteiger partial charge in [0.05, 0.1) is 6.42 Å². The van der Waals surface area contributed by atoms with Gasteiger partial charge in [-0.25, -0.2) is 9.97 Å². The number of hydrogen-bond acceptors (Lipinski definition) is 4. The molecule has 0 aromatic carbocycles. The maximum Gasteiger partial charge on any atom is 0.227 e. The second-order valence-electron chi connectivity index (χ2n) is 8.63. The Morgan fingerprint density at radius 3 is 2.17 bits per heavy atom. The van der Waals surface area contributed by atoms with Crippen molar-refractivity contribution in [2.75, 3.05) is 26.2 Å². The SMILES string of the molecule is CCC(CC)C(=O)N1CC[C@@H](c2nc(C)c(CC(=O)N3CCCCC3)c(C)n2)C1. The number of rotatable bonds is 6. The third-order valence-corrected chi connectivity index (χ3v) is 6.67. The topological polar surface area (TPSA) is 66.4 Å². The molecule has 0 spiro atoms. The lowest BCUT2D eigenvalue weighted by Gasteiger charge is -2.27. The largest absolute Gasteiger partial charge is 0.342 e. The average molecular weight is 401 g/mol. The van der Waals surface area contributed by atoms with Crippen molar-refractivity contribution < 1.29 is 9.59 Å². The third-order valence-electron chi connectivity index (χ3n) is 6.67. The summed E-state index contributed by atoms with van der Waals surface area (Å²) in [6.45, 7) is 11.4. The van der Waals surface area contributed by atoms with Crippen LogP contribution in [-0.4, -0.2) is 57.8 Å². The van der Waals surface area contributed by atoms with Gasteiger partial charge in [-0.2, -0.15) is 0 Å². The van der Waals surface area contributed by atoms with E-state index in [1.54, 1.807) is 0 Å². The zero-order valence-electron chi connectivity index (χ0n) is 18.5. The van der Waals surface area contributed by atoms with Crippen molar-refractivity contribution >= 4 is 11.8 Å². The van der Waals surface area contributed by atoms with Crippen molar-refractivity contribution in [3.63, 3.8) is 0 Å². The first kappa shape index (κ1) is 21.7. The fourth-order valence-corrected chi connectivity index (χ4v) is 4.68. The van der Waals surface area contributed by atoms with E-state index in [9.17, 15) is 9.59 Å². The monoisotopic (exact) mass is 400 g/mol. The van der Waals surface area contributed by atoms with Crippen LogP contribution in [-0.2, 0) is 16.0 Å². The molecule has 160 valence electrons. The van der Waals surface area contributed by atoms with Crippen molar-refractivity contribution in [1.29, 1.82) is 0 Å². The first-order chi connectivity index (χ1) is 13.9. The average Bonchev–Trinajstić information content (AvgIpc) is 3.22. The van der Waals surface area contributed by atoms with Crippen molar-refractivity contribution in [1.82, 2.24) is 19.8 Å². The second kappa shape index (κ2) is 9.68. The summed E-state index contributed by atoms with van der Waals surface area (Å²) in [7, 11) is 0. The molecule has 2 aliphatic heterocycles. The van der Waals surface area contributed by atoms with Crippen LogP contribution in [0.1, 0.15) is 81.1 Å². The number of carbonyl (C=O) groups is 2. The highest BCUT2D eigenvalue weighted by Crippen LogP contribution is 2.28. The van der Waals surface area contributed by atoms with Crippen molar-refractivity contribution in [2.45, 2.75) is 78.6 Å². The highest BCUT2D eigenvalue weighted by Gasteiger charge is 2.32. The summed E-state index contributed by atoms with van der Waals surface area (Å²) < 4.78 is 0. The number of piperidine rings is 1. The lowest BCUT2D eigenvalue weighted by molar-refractivity contribution is -0.134. The van der Waals surface area contributed by atoms with Gasteiger partial charge in [0.25, 0.3) is 0 Å². The summed E-state index contributed by atoms with van der Waals surface area (Å²) in [5, 5.41) is 0. The van der Waals surface area contributed by atoms with Gasteiger partial charge in [0.2, 0.25) is 11.8 Å². The molecule has 0 bridgehead atoms. The van der Waals surface area contributed by atoms with Crippen molar-refractivity contribution in [3.8, 4) is 0 Å². The molecule has 2 amide bonds. The predicted molar refractivity (Wildman–Crippen MR) is 114 cm³/mol. The molecule has 0 aliphatic carbocycles. The number of amides is 2. The molecule has 6 nitrogen and oxygen atoms in total. The molecule has 29 heavy (non-hydrogen) atoms. The van der Waals surface area contributed by atoms with E-state index >= 15 is 0 Å². The van der Waals surface area contributed by atoms with Crippen LogP contribution in [0.3, 0.4) is 0 Å². The Hall–Kier alpha value is -1.98. The van der Waals surface area contributed by atoms with Crippen LogP contribution < -0.4 is 0 Å². The number of hydrogen-bond donors (Lipinski definition) is 0. The summed E-state index contributed by atoms with van der Waals surface area (Å²) in [6.07, 6.45) is 6.52. The molecule has 0 N–H and O–H groups in total. The van der Waals surface area contributed by atoms with E-state index in [2.05, 4.69) is 13.8 Å². The van der Waals surface area contributed by atoms with Gasteiger partial charge in [-0.1, -0.05) is 13.8 Å². The minimum atomic E-state index is 0.126. The summed E-state index contributed by atoms with van der Waals surface area (Å²) in [6, 6.07) is 0. The molecule has 1 aromatic rings.